The van der Waals surface area contributed by atoms with Crippen molar-refractivity contribution in [2.75, 3.05) is 0 Å². The SMILES string of the molecule is CCCC(=O)O[C@H]1CC[C@H](C2CCC(CCC)CC2)CC1. The Morgan fingerprint density at radius 2 is 1.43 bits per heavy atom. The number of ether oxygens (including phenoxy) is 1. The normalized spacial score (nSPS) is 33.6. The molecular weight excluding hydrogens is 260 g/mol. The molecular formula is C19H34O2. The highest BCUT2D eigenvalue weighted by atomic mass is 16.5. The van der Waals surface area contributed by atoms with Gasteiger partial charge >= 0.3 is 5.97 Å². The zero-order valence-corrected chi connectivity index (χ0v) is 14.1. The molecule has 2 saturated carbocycles. The summed E-state index contributed by atoms with van der Waals surface area (Å²) < 4.78 is 5.58. The molecule has 0 amide bonds. The van der Waals surface area contributed by atoms with E-state index in [4.69, 9.17) is 4.74 Å². The van der Waals surface area contributed by atoms with Gasteiger partial charge in [0.25, 0.3) is 0 Å². The lowest BCUT2D eigenvalue weighted by Crippen LogP contribution is -2.29. The first kappa shape index (κ1) is 16.8. The fourth-order valence-electron chi connectivity index (χ4n) is 4.48. The van der Waals surface area contributed by atoms with E-state index in [2.05, 4.69) is 6.92 Å². The second kappa shape index (κ2) is 8.80. The molecule has 0 aromatic heterocycles. The minimum atomic E-state index is 0.0148. The van der Waals surface area contributed by atoms with Gasteiger partial charge in [-0.05, 0) is 62.7 Å². The van der Waals surface area contributed by atoms with Crippen molar-refractivity contribution in [1.82, 2.24) is 0 Å². The summed E-state index contributed by atoms with van der Waals surface area (Å²) >= 11 is 0. The van der Waals surface area contributed by atoms with E-state index in [1.165, 1.54) is 51.4 Å². The first-order valence-corrected chi connectivity index (χ1v) is 9.42. The smallest absolute Gasteiger partial charge is 0.306 e. The van der Waals surface area contributed by atoms with Crippen LogP contribution < -0.4 is 0 Å². The van der Waals surface area contributed by atoms with Gasteiger partial charge in [0.15, 0.2) is 0 Å². The van der Waals surface area contributed by atoms with Gasteiger partial charge in [-0.2, -0.15) is 0 Å². The molecule has 0 spiro atoms. The summed E-state index contributed by atoms with van der Waals surface area (Å²) in [6.45, 7) is 4.35. The van der Waals surface area contributed by atoms with Crippen LogP contribution in [0.3, 0.4) is 0 Å². The van der Waals surface area contributed by atoms with Gasteiger partial charge in [-0.3, -0.25) is 4.79 Å². The molecule has 2 fully saturated rings. The van der Waals surface area contributed by atoms with Crippen LogP contribution in [0, 0.1) is 17.8 Å². The average molecular weight is 294 g/mol. The van der Waals surface area contributed by atoms with Crippen LogP contribution in [0.2, 0.25) is 0 Å². The number of hydrogen-bond donors (Lipinski definition) is 0. The molecule has 0 saturated heterocycles. The Bertz CT molecular complexity index is 297. The second-order valence-electron chi connectivity index (χ2n) is 7.35. The molecule has 21 heavy (non-hydrogen) atoms. The van der Waals surface area contributed by atoms with E-state index in [0.717, 1.165) is 37.0 Å². The summed E-state index contributed by atoms with van der Waals surface area (Å²) in [5.41, 5.74) is 0. The van der Waals surface area contributed by atoms with E-state index in [-0.39, 0.29) is 12.1 Å². The fraction of sp³-hybridized carbons (Fsp3) is 0.947. The van der Waals surface area contributed by atoms with Crippen LogP contribution in [0.15, 0.2) is 0 Å². The van der Waals surface area contributed by atoms with E-state index >= 15 is 0 Å². The minimum Gasteiger partial charge on any atom is -0.462 e. The molecule has 2 aliphatic rings. The molecule has 0 atom stereocenters. The quantitative estimate of drug-likeness (QED) is 0.605. The van der Waals surface area contributed by atoms with Crippen LogP contribution in [0.1, 0.15) is 90.9 Å². The Labute approximate surface area is 131 Å². The Morgan fingerprint density at radius 1 is 0.857 bits per heavy atom. The Hall–Kier alpha value is -0.530. The van der Waals surface area contributed by atoms with E-state index in [0.29, 0.717) is 6.42 Å². The second-order valence-corrected chi connectivity index (χ2v) is 7.35. The standard InChI is InChI=1S/C19H34O2/c1-3-5-15-7-9-16(10-8-15)17-11-13-18(14-12-17)21-19(20)6-4-2/h15-18H,3-14H2,1-2H3/t15?,16?,17-,18-. The molecule has 0 aromatic rings. The summed E-state index contributed by atoms with van der Waals surface area (Å²) in [5.74, 6) is 2.90. The third kappa shape index (κ3) is 5.30. The van der Waals surface area contributed by atoms with Crippen molar-refractivity contribution in [1.29, 1.82) is 0 Å². The maximum absolute atomic E-state index is 11.6. The average Bonchev–Trinajstić information content (AvgIpc) is 2.49. The lowest BCUT2D eigenvalue weighted by molar-refractivity contribution is -0.151. The van der Waals surface area contributed by atoms with E-state index in [9.17, 15) is 4.79 Å². The van der Waals surface area contributed by atoms with Crippen molar-refractivity contribution in [3.05, 3.63) is 0 Å². The van der Waals surface area contributed by atoms with Crippen molar-refractivity contribution >= 4 is 5.97 Å². The van der Waals surface area contributed by atoms with Gasteiger partial charge in [0, 0.05) is 6.42 Å². The summed E-state index contributed by atoms with van der Waals surface area (Å²) in [5, 5.41) is 0. The van der Waals surface area contributed by atoms with Gasteiger partial charge < -0.3 is 4.74 Å². The molecule has 0 bridgehead atoms. The first-order valence-electron chi connectivity index (χ1n) is 9.42. The maximum Gasteiger partial charge on any atom is 0.306 e. The highest BCUT2D eigenvalue weighted by Crippen LogP contribution is 2.41. The third-order valence-electron chi connectivity index (χ3n) is 5.73. The third-order valence-corrected chi connectivity index (χ3v) is 5.73. The monoisotopic (exact) mass is 294 g/mol. The van der Waals surface area contributed by atoms with Crippen LogP contribution in [-0.4, -0.2) is 12.1 Å². The van der Waals surface area contributed by atoms with Gasteiger partial charge in [0.2, 0.25) is 0 Å². The number of hydrogen-bond acceptors (Lipinski definition) is 2. The van der Waals surface area contributed by atoms with Crippen LogP contribution in [0.4, 0.5) is 0 Å². The number of esters is 1. The van der Waals surface area contributed by atoms with Crippen molar-refractivity contribution < 1.29 is 9.53 Å². The lowest BCUT2D eigenvalue weighted by atomic mass is 9.70. The van der Waals surface area contributed by atoms with Gasteiger partial charge in [-0.15, -0.1) is 0 Å². The molecule has 2 rings (SSSR count). The Kier molecular flexibility index (Phi) is 7.06. The van der Waals surface area contributed by atoms with Crippen molar-refractivity contribution in [2.24, 2.45) is 17.8 Å². The molecule has 0 unspecified atom stereocenters. The molecule has 2 heteroatoms. The van der Waals surface area contributed by atoms with Gasteiger partial charge in [0.1, 0.15) is 6.10 Å². The van der Waals surface area contributed by atoms with E-state index in [1.807, 2.05) is 6.92 Å². The highest BCUT2D eigenvalue weighted by Gasteiger charge is 2.31. The number of carbonyl (C=O) groups excluding carboxylic acids is 1. The predicted molar refractivity (Wildman–Crippen MR) is 87.1 cm³/mol. The largest absolute Gasteiger partial charge is 0.462 e. The van der Waals surface area contributed by atoms with Crippen LogP contribution in [0.25, 0.3) is 0 Å². The Morgan fingerprint density at radius 3 is 1.95 bits per heavy atom. The summed E-state index contributed by atoms with van der Waals surface area (Å²) in [6, 6.07) is 0. The predicted octanol–water partition coefficient (Wildman–Crippen LogP) is 5.50. The van der Waals surface area contributed by atoms with Crippen LogP contribution >= 0.6 is 0 Å². The van der Waals surface area contributed by atoms with E-state index in [1.54, 1.807) is 0 Å². The molecule has 0 heterocycles. The highest BCUT2D eigenvalue weighted by molar-refractivity contribution is 5.69. The number of carbonyl (C=O) groups is 1. The maximum atomic E-state index is 11.6. The molecule has 0 aromatic carbocycles. The molecule has 0 N–H and O–H groups in total. The number of rotatable bonds is 6. The van der Waals surface area contributed by atoms with Crippen molar-refractivity contribution in [3.63, 3.8) is 0 Å². The molecule has 0 radical (unpaired) electrons. The topological polar surface area (TPSA) is 26.3 Å². The fourth-order valence-corrected chi connectivity index (χ4v) is 4.48. The lowest BCUT2D eigenvalue weighted by Gasteiger charge is -2.37. The van der Waals surface area contributed by atoms with Crippen molar-refractivity contribution in [2.45, 2.75) is 97.0 Å². The summed E-state index contributed by atoms with van der Waals surface area (Å²) in [4.78, 5) is 11.6. The molecule has 0 aliphatic heterocycles. The zero-order valence-electron chi connectivity index (χ0n) is 14.1. The molecule has 122 valence electrons. The van der Waals surface area contributed by atoms with Crippen LogP contribution in [0.5, 0.6) is 0 Å². The first-order chi connectivity index (χ1) is 10.2. The minimum absolute atomic E-state index is 0.0148. The van der Waals surface area contributed by atoms with Gasteiger partial charge in [-0.25, -0.2) is 0 Å². The summed E-state index contributed by atoms with van der Waals surface area (Å²) in [6.07, 6.45) is 15.1. The zero-order chi connectivity index (χ0) is 15.1. The Balaban J connectivity index is 1.66. The molecule has 2 nitrogen and oxygen atoms in total. The summed E-state index contributed by atoms with van der Waals surface area (Å²) in [7, 11) is 0. The van der Waals surface area contributed by atoms with Crippen LogP contribution in [-0.2, 0) is 9.53 Å². The molecule has 2 aliphatic carbocycles. The van der Waals surface area contributed by atoms with Crippen molar-refractivity contribution in [3.8, 4) is 0 Å². The van der Waals surface area contributed by atoms with Gasteiger partial charge in [-0.1, -0.05) is 39.5 Å². The van der Waals surface area contributed by atoms with Gasteiger partial charge in [0.05, 0.1) is 0 Å². The van der Waals surface area contributed by atoms with E-state index < -0.39 is 0 Å².